The van der Waals surface area contributed by atoms with Crippen molar-refractivity contribution in [1.82, 2.24) is 0 Å². The van der Waals surface area contributed by atoms with Gasteiger partial charge in [-0.25, -0.2) is 0 Å². The van der Waals surface area contributed by atoms with E-state index in [1.165, 1.54) is 0 Å². The molecule has 0 rings (SSSR count). The molecule has 0 saturated heterocycles. The van der Waals surface area contributed by atoms with E-state index in [-0.39, 0.29) is 0 Å². The van der Waals surface area contributed by atoms with Crippen LogP contribution in [0.4, 0.5) is 0 Å². The number of rotatable bonds is 1. The van der Waals surface area contributed by atoms with Gasteiger partial charge in [0.2, 0.25) is 0 Å². The molecule has 0 radical (unpaired) electrons. The van der Waals surface area contributed by atoms with Gasteiger partial charge in [-0.1, -0.05) is 0 Å². The first-order chi connectivity index (χ1) is 1.91. The third-order valence-electron chi connectivity index (χ3n) is 0.144. The van der Waals surface area contributed by atoms with E-state index in [0.29, 0.717) is 0 Å². The monoisotopic (exact) mass is 283 g/mol. The zero-order valence-electron chi connectivity index (χ0n) is 2.62. The van der Waals surface area contributed by atoms with Gasteiger partial charge in [0, 0.05) is 0 Å². The van der Waals surface area contributed by atoms with E-state index in [1.54, 1.807) is 0 Å². The first-order valence-corrected chi connectivity index (χ1v) is 2.90. The van der Waals surface area contributed by atoms with E-state index < -0.39 is 0 Å². The maximum absolute atomic E-state index is 4.71. The molecule has 0 aliphatic heterocycles. The van der Waals surface area contributed by atoms with Gasteiger partial charge < -0.3 is 0 Å². The topological polar surface area (TPSA) is 9.23 Å². The van der Waals surface area contributed by atoms with Gasteiger partial charge in [-0.3, -0.25) is 0 Å². The zero-order chi connectivity index (χ0) is 3.41. The van der Waals surface area contributed by atoms with Crippen molar-refractivity contribution in [2.45, 2.75) is 6.92 Å². The van der Waals surface area contributed by atoms with Crippen molar-refractivity contribution >= 4 is 0 Å². The van der Waals surface area contributed by atoms with Gasteiger partial charge in [0.15, 0.2) is 0 Å². The fourth-order valence-electron chi connectivity index (χ4n) is 0. The van der Waals surface area contributed by atoms with Crippen molar-refractivity contribution < 1.29 is 32.2 Å². The van der Waals surface area contributed by atoms with Crippen LogP contribution in [0.2, 0.25) is 0 Å². The Morgan fingerprint density at radius 3 is 2.25 bits per heavy atom. The second-order valence-electron chi connectivity index (χ2n) is 0.433. The van der Waals surface area contributed by atoms with E-state index in [0.717, 1.165) is 36.5 Å². The maximum atomic E-state index is 4.71. The molecule has 0 aliphatic carbocycles. The quantitative estimate of drug-likeness (QED) is 0.680. The van der Waals surface area contributed by atoms with E-state index in [2.05, 4.69) is 0 Å². The van der Waals surface area contributed by atoms with Crippen LogP contribution >= 0.6 is 0 Å². The van der Waals surface area contributed by atoms with Crippen LogP contribution in [0.15, 0.2) is 0 Å². The average Bonchev–Trinajstić information content (AvgIpc) is 1.37. The van der Waals surface area contributed by atoms with Crippen LogP contribution in [0.3, 0.4) is 0 Å². The molecule has 0 saturated carbocycles. The van der Waals surface area contributed by atoms with Crippen LogP contribution in [-0.2, 0) is 2.24 Å². The molecule has 0 spiro atoms. The van der Waals surface area contributed by atoms with E-state index >= 15 is 0 Å². The average molecular weight is 283 g/mol. The van der Waals surface area contributed by atoms with Crippen LogP contribution in [0.1, 0.15) is 6.92 Å². The van der Waals surface area contributed by atoms with Crippen molar-refractivity contribution in [3.05, 3.63) is 0 Å². The minimum atomic E-state index is 0.722. The Bertz CT molecular complexity index is 8.00. The standard InChI is InChI=1S/C2H5O.U/c1-2-3;/h2H2,1H3;/q-1;+1. The van der Waals surface area contributed by atoms with Gasteiger partial charge in [-0.2, -0.15) is 0 Å². The van der Waals surface area contributed by atoms with Crippen molar-refractivity contribution in [3.63, 3.8) is 0 Å². The Balaban J connectivity index is 1.97. The Hall–Kier alpha value is 1.01. The molecule has 0 unspecified atom stereocenters. The first kappa shape index (κ1) is 5.01. The molecule has 0 aromatic carbocycles. The van der Waals surface area contributed by atoms with Gasteiger partial charge in [0.1, 0.15) is 0 Å². The Morgan fingerprint density at radius 1 is 2.00 bits per heavy atom. The fourth-order valence-corrected chi connectivity index (χ4v) is 0. The molecule has 0 atom stereocenters. The molecule has 0 aliphatic rings. The Morgan fingerprint density at radius 2 is 2.25 bits per heavy atom. The second-order valence-corrected chi connectivity index (χ2v) is 1.63. The summed E-state index contributed by atoms with van der Waals surface area (Å²) in [4.78, 5) is 0. The van der Waals surface area contributed by atoms with Crippen LogP contribution < -0.4 is 0 Å². The van der Waals surface area contributed by atoms with Gasteiger partial charge in [0.05, 0.1) is 0 Å². The van der Waals surface area contributed by atoms with Crippen molar-refractivity contribution in [2.75, 3.05) is 6.61 Å². The fraction of sp³-hybridized carbons (Fsp3) is 1.00. The van der Waals surface area contributed by atoms with Gasteiger partial charge >= 0.3 is 45.7 Å². The molecule has 0 fully saturated rings. The summed E-state index contributed by atoms with van der Waals surface area (Å²) in [6.07, 6.45) is 0. The third-order valence-corrected chi connectivity index (χ3v) is 1.35. The molecule has 0 heterocycles. The molecule has 0 N–H and O–H groups in total. The summed E-state index contributed by atoms with van der Waals surface area (Å²) in [6.45, 7) is 2.89. The third kappa shape index (κ3) is 3.01. The summed E-state index contributed by atoms with van der Waals surface area (Å²) in [6, 6.07) is 0. The molecule has 1 nitrogen and oxygen atoms in total. The molecule has 23 valence electrons. The molecule has 0 aromatic rings. The minimum absolute atomic E-state index is 0.722. The van der Waals surface area contributed by atoms with E-state index in [1.807, 2.05) is 6.92 Å². The summed E-state index contributed by atoms with van der Waals surface area (Å²) in [5, 5.41) is 0. The second kappa shape index (κ2) is 4.01. The molecule has 0 bridgehead atoms. The van der Waals surface area contributed by atoms with Crippen LogP contribution in [-0.4, -0.2) is 6.61 Å². The van der Waals surface area contributed by atoms with Crippen molar-refractivity contribution in [1.29, 1.82) is 0 Å². The molecule has 0 aromatic heterocycles. The van der Waals surface area contributed by atoms with Gasteiger partial charge in [-0.05, 0) is 0 Å². The van der Waals surface area contributed by atoms with Crippen LogP contribution in [0.25, 0.3) is 0 Å². The molecular weight excluding hydrogens is 278 g/mol. The number of hydrogen-bond acceptors (Lipinski definition) is 1. The van der Waals surface area contributed by atoms with Crippen molar-refractivity contribution in [3.8, 4) is 0 Å². The van der Waals surface area contributed by atoms with Crippen molar-refractivity contribution in [2.24, 2.45) is 0 Å². The van der Waals surface area contributed by atoms with Gasteiger partial charge in [0.25, 0.3) is 0 Å². The van der Waals surface area contributed by atoms with E-state index in [4.69, 9.17) is 2.24 Å². The normalized spacial score (nSPS) is 7.75. The summed E-state index contributed by atoms with van der Waals surface area (Å²) >= 11 is 0.722. The van der Waals surface area contributed by atoms with Gasteiger partial charge in [-0.15, -0.1) is 0 Å². The predicted octanol–water partition coefficient (Wildman–Crippen LogP) is 0.487. The van der Waals surface area contributed by atoms with Crippen LogP contribution in [0.5, 0.6) is 0 Å². The summed E-state index contributed by atoms with van der Waals surface area (Å²) in [5.41, 5.74) is 0. The Kier molecular flexibility index (Phi) is 5.03. The first-order valence-electron chi connectivity index (χ1n) is 1.20. The van der Waals surface area contributed by atoms with Crippen LogP contribution in [0, 0.1) is 29.9 Å². The summed E-state index contributed by atoms with van der Waals surface area (Å²) < 4.78 is 4.71. The molecular formula is C2H5OU. The SMILES string of the molecule is CC[O][U]. The predicted molar refractivity (Wildman–Crippen MR) is 11.6 cm³/mol. The zero-order valence-corrected chi connectivity index (χ0v) is 6.78. The van der Waals surface area contributed by atoms with E-state index in [9.17, 15) is 0 Å². The summed E-state index contributed by atoms with van der Waals surface area (Å²) in [5.74, 6) is 0. The number of hydrogen-bond donors (Lipinski definition) is 0. The summed E-state index contributed by atoms with van der Waals surface area (Å²) in [7, 11) is 0. The molecule has 2 heteroatoms. The Labute approximate surface area is 45.7 Å². The molecule has 4 heavy (non-hydrogen) atoms. The molecule has 0 amide bonds.